The summed E-state index contributed by atoms with van der Waals surface area (Å²) in [4.78, 5) is 47.0. The second kappa shape index (κ2) is 14.7. The molecule has 1 aliphatic carbocycles. The van der Waals surface area contributed by atoms with Gasteiger partial charge in [-0.1, -0.05) is 20.4 Å². The van der Waals surface area contributed by atoms with Crippen molar-refractivity contribution in [2.75, 3.05) is 65.6 Å². The Morgan fingerprint density at radius 2 is 1.93 bits per heavy atom. The van der Waals surface area contributed by atoms with Gasteiger partial charge in [-0.15, -0.1) is 0 Å². The Morgan fingerprint density at radius 1 is 1.11 bits per heavy atom. The predicted molar refractivity (Wildman–Crippen MR) is 214 cm³/mol. The summed E-state index contributed by atoms with van der Waals surface area (Å²) in [6, 6.07) is 10.3. The number of aliphatic hydroxyl groups is 1. The Bertz CT molecular complexity index is 2140. The van der Waals surface area contributed by atoms with Gasteiger partial charge >= 0.3 is 0 Å². The largest absolute Gasteiger partial charge is 0.392 e. The number of carbonyl (C=O) groups is 2. The van der Waals surface area contributed by atoms with Crippen LogP contribution in [-0.4, -0.2) is 92.8 Å². The molecule has 4 aliphatic rings. The Kier molecular flexibility index (Phi) is 9.82. The Labute approximate surface area is 321 Å². The molecule has 0 bridgehead atoms. The first-order valence-corrected chi connectivity index (χ1v) is 19.2. The summed E-state index contributed by atoms with van der Waals surface area (Å²) in [5.74, 6) is 0.419. The zero-order valence-corrected chi connectivity index (χ0v) is 31.8. The highest BCUT2D eigenvalue weighted by molar-refractivity contribution is 6.06. The maximum Gasteiger partial charge on any atom is 0.276 e. The van der Waals surface area contributed by atoms with Gasteiger partial charge < -0.3 is 35.7 Å². The molecule has 3 aromatic heterocycles. The zero-order valence-electron chi connectivity index (χ0n) is 31.8. The molecule has 0 spiro atoms. The van der Waals surface area contributed by atoms with Crippen molar-refractivity contribution in [1.82, 2.24) is 24.4 Å². The Hall–Kier alpha value is -5.31. The second-order valence-corrected chi connectivity index (χ2v) is 15.9. The molecule has 8 rings (SSSR count). The van der Waals surface area contributed by atoms with Crippen LogP contribution in [0, 0.1) is 5.41 Å². The van der Waals surface area contributed by atoms with Crippen molar-refractivity contribution in [2.24, 2.45) is 5.41 Å². The van der Waals surface area contributed by atoms with Gasteiger partial charge in [0.05, 0.1) is 29.9 Å². The zero-order chi connectivity index (χ0) is 38.4. The summed E-state index contributed by atoms with van der Waals surface area (Å²) in [7, 11) is 0. The summed E-state index contributed by atoms with van der Waals surface area (Å²) >= 11 is 0. The molecule has 0 radical (unpaired) electrons. The van der Waals surface area contributed by atoms with Gasteiger partial charge in [0.1, 0.15) is 11.5 Å². The van der Waals surface area contributed by atoms with E-state index in [1.807, 2.05) is 24.3 Å². The number of amides is 2. The summed E-state index contributed by atoms with van der Waals surface area (Å²) < 4.78 is 7.75. The molecule has 3 aliphatic heterocycles. The quantitative estimate of drug-likeness (QED) is 0.175. The normalized spacial score (nSPS) is 19.9. The van der Waals surface area contributed by atoms with Crippen molar-refractivity contribution in [3.63, 3.8) is 0 Å². The average Bonchev–Trinajstić information content (AvgIpc) is 3.68. The van der Waals surface area contributed by atoms with Crippen LogP contribution in [0.2, 0.25) is 0 Å². The molecule has 5 N–H and O–H groups in total. The molecular formula is C41H50N10O4. The SMILES string of the molecule is C=CC(=O)Nc1cc(Nc2nc(-c3ccnc(N4CCn5c(cc6c5CC(C)(C)C6)C4=O)c3CO)cnc2N)ccc1N1CCN(C2CCOCC2)CC1C. The minimum Gasteiger partial charge on any atom is -0.392 e. The fraction of sp³-hybridized carbons (Fsp3) is 0.439. The summed E-state index contributed by atoms with van der Waals surface area (Å²) in [6.45, 7) is 15.4. The topological polar surface area (TPSA) is 167 Å². The first-order chi connectivity index (χ1) is 26.5. The third-order valence-corrected chi connectivity index (χ3v) is 11.5. The number of anilines is 6. The van der Waals surface area contributed by atoms with Gasteiger partial charge in [0.25, 0.3) is 5.91 Å². The van der Waals surface area contributed by atoms with E-state index in [9.17, 15) is 14.7 Å². The number of nitrogens with zero attached hydrogens (tertiary/aromatic N) is 7. The van der Waals surface area contributed by atoms with Gasteiger partial charge in [-0.3, -0.25) is 19.4 Å². The van der Waals surface area contributed by atoms with Gasteiger partial charge in [-0.25, -0.2) is 15.0 Å². The van der Waals surface area contributed by atoms with Crippen LogP contribution in [0.1, 0.15) is 60.9 Å². The molecule has 14 nitrogen and oxygen atoms in total. The summed E-state index contributed by atoms with van der Waals surface area (Å²) in [5, 5.41) is 17.0. The molecule has 1 unspecified atom stereocenters. The molecule has 14 heteroatoms. The molecule has 4 aromatic rings. The van der Waals surface area contributed by atoms with Gasteiger partial charge in [0.2, 0.25) is 5.91 Å². The van der Waals surface area contributed by atoms with Gasteiger partial charge in [-0.05, 0) is 80.0 Å². The van der Waals surface area contributed by atoms with E-state index in [2.05, 4.69) is 62.3 Å². The van der Waals surface area contributed by atoms with Crippen molar-refractivity contribution in [2.45, 2.75) is 71.7 Å². The predicted octanol–water partition coefficient (Wildman–Crippen LogP) is 4.76. The lowest BCUT2D eigenvalue weighted by Crippen LogP contribution is -2.56. The first kappa shape index (κ1) is 36.7. The molecule has 2 saturated heterocycles. The lowest BCUT2D eigenvalue weighted by atomic mass is 9.90. The number of nitrogens with two attached hydrogens (primary N) is 1. The number of aromatic nitrogens is 4. The van der Waals surface area contributed by atoms with E-state index in [1.54, 1.807) is 23.4 Å². The van der Waals surface area contributed by atoms with Crippen LogP contribution in [0.25, 0.3) is 11.3 Å². The highest BCUT2D eigenvalue weighted by Crippen LogP contribution is 2.40. The average molecular weight is 747 g/mol. The number of ether oxygens (including phenoxy) is 1. The summed E-state index contributed by atoms with van der Waals surface area (Å²) in [5.41, 5.74) is 13.4. The van der Waals surface area contributed by atoms with Crippen LogP contribution < -0.4 is 26.2 Å². The van der Waals surface area contributed by atoms with E-state index >= 15 is 0 Å². The molecule has 1 aromatic carbocycles. The van der Waals surface area contributed by atoms with Crippen molar-refractivity contribution in [3.8, 4) is 11.3 Å². The standard InChI is InChI=1S/C41H50N10O4/c1-5-36(53)46-31-19-27(6-7-33(31)49-13-12-48(23-25(49)2)28-9-16-55-17-10-28)45-38-37(42)44-22-32(47-38)29-8-11-43-39(30(29)24-52)51-15-14-50-34(40(51)54)18-26-20-41(3,4)21-35(26)50/h5-8,11,18-19,22,25,28,52H,1,9-10,12-17,20-21,23-24H2,2-4H3,(H2,42,44)(H,45,47)(H,46,53). The Morgan fingerprint density at radius 3 is 2.69 bits per heavy atom. The van der Waals surface area contributed by atoms with Gasteiger partial charge in [-0.2, -0.15) is 0 Å². The van der Waals surface area contributed by atoms with E-state index in [0.717, 1.165) is 64.2 Å². The minimum atomic E-state index is -0.363. The molecule has 1 atom stereocenters. The van der Waals surface area contributed by atoms with Crippen molar-refractivity contribution in [1.29, 1.82) is 0 Å². The smallest absolute Gasteiger partial charge is 0.276 e. The van der Waals surface area contributed by atoms with E-state index in [-0.39, 0.29) is 35.7 Å². The van der Waals surface area contributed by atoms with E-state index in [4.69, 9.17) is 15.5 Å². The van der Waals surface area contributed by atoms with Crippen LogP contribution in [-0.2, 0) is 35.5 Å². The van der Waals surface area contributed by atoms with Crippen molar-refractivity contribution >= 4 is 46.3 Å². The molecule has 2 amide bonds. The van der Waals surface area contributed by atoms with Gasteiger partial charge in [0.15, 0.2) is 11.6 Å². The number of carbonyl (C=O) groups excluding carboxylic acids is 2. The highest BCUT2D eigenvalue weighted by Gasteiger charge is 2.38. The number of hydrogen-bond donors (Lipinski definition) is 4. The Balaban J connectivity index is 1.05. The van der Waals surface area contributed by atoms with Crippen LogP contribution in [0.3, 0.4) is 0 Å². The monoisotopic (exact) mass is 746 g/mol. The highest BCUT2D eigenvalue weighted by atomic mass is 16.5. The number of nitrogen functional groups attached to an aromatic ring is 1. The maximum atomic E-state index is 13.9. The molecular weight excluding hydrogens is 697 g/mol. The molecule has 55 heavy (non-hydrogen) atoms. The van der Waals surface area contributed by atoms with E-state index in [0.29, 0.717) is 64.7 Å². The fourth-order valence-corrected chi connectivity index (χ4v) is 8.85. The number of nitrogens with one attached hydrogen (secondary N) is 2. The van der Waals surface area contributed by atoms with Crippen molar-refractivity contribution in [3.05, 3.63) is 77.9 Å². The molecule has 6 heterocycles. The third-order valence-electron chi connectivity index (χ3n) is 11.5. The van der Waals surface area contributed by atoms with Crippen LogP contribution in [0.15, 0.2) is 55.4 Å². The lowest BCUT2D eigenvalue weighted by molar-refractivity contribution is -0.111. The fourth-order valence-electron chi connectivity index (χ4n) is 8.85. The number of rotatable bonds is 9. The lowest BCUT2D eigenvalue weighted by Gasteiger charge is -2.45. The van der Waals surface area contributed by atoms with Crippen LogP contribution >= 0.6 is 0 Å². The van der Waals surface area contributed by atoms with E-state index in [1.165, 1.54) is 17.3 Å². The van der Waals surface area contributed by atoms with Crippen LogP contribution in [0.5, 0.6) is 0 Å². The number of piperazine rings is 1. The molecule has 288 valence electrons. The first-order valence-electron chi connectivity index (χ1n) is 19.2. The summed E-state index contributed by atoms with van der Waals surface area (Å²) in [6.07, 6.45) is 8.42. The van der Waals surface area contributed by atoms with Crippen LogP contribution in [0.4, 0.5) is 34.5 Å². The number of hydrogen-bond acceptors (Lipinski definition) is 11. The van der Waals surface area contributed by atoms with Crippen molar-refractivity contribution < 1.29 is 19.4 Å². The third kappa shape index (κ3) is 7.05. The number of benzene rings is 1. The van der Waals surface area contributed by atoms with E-state index < -0.39 is 0 Å². The second-order valence-electron chi connectivity index (χ2n) is 15.9. The number of pyridine rings is 1. The molecule has 2 fully saturated rings. The van der Waals surface area contributed by atoms with Gasteiger partial charge in [0, 0.05) is 86.7 Å². The maximum absolute atomic E-state index is 13.9. The minimum absolute atomic E-state index is 0.137. The molecule has 0 saturated carbocycles. The number of aliphatic hydroxyl groups excluding tert-OH is 1. The number of fused-ring (bicyclic) bond motifs is 3.